The van der Waals surface area contributed by atoms with Crippen LogP contribution in [0, 0.1) is 17.6 Å². The summed E-state index contributed by atoms with van der Waals surface area (Å²) in [6.07, 6.45) is -5.07. The van der Waals surface area contributed by atoms with Crippen molar-refractivity contribution in [2.24, 2.45) is 11.7 Å². The molecule has 4 rings (SSSR count). The van der Waals surface area contributed by atoms with Crippen LogP contribution in [0.2, 0.25) is 0 Å². The first-order chi connectivity index (χ1) is 16.3. The summed E-state index contributed by atoms with van der Waals surface area (Å²) in [6.45, 7) is 2.12. The molecule has 3 heterocycles. The summed E-state index contributed by atoms with van der Waals surface area (Å²) in [4.78, 5) is 30.8. The van der Waals surface area contributed by atoms with E-state index in [-0.39, 0.29) is 27.7 Å². The molecule has 0 unspecified atom stereocenters. The van der Waals surface area contributed by atoms with Crippen LogP contribution in [0.25, 0.3) is 10.8 Å². The largest absolute Gasteiger partial charge is 0.493 e. The van der Waals surface area contributed by atoms with Crippen molar-refractivity contribution in [3.8, 4) is 5.75 Å². The third-order valence-corrected chi connectivity index (χ3v) is 6.63. The number of carbonyl (C=O) groups is 1. The second-order valence-corrected chi connectivity index (χ2v) is 8.48. The zero-order chi connectivity index (χ0) is 25.9. The van der Waals surface area contributed by atoms with Crippen molar-refractivity contribution in [3.63, 3.8) is 0 Å². The highest BCUT2D eigenvalue weighted by Gasteiger charge is 2.65. The van der Waals surface area contributed by atoms with Crippen molar-refractivity contribution >= 4 is 16.7 Å². The second kappa shape index (κ2) is 8.29. The molecule has 1 aromatic carbocycles. The Morgan fingerprint density at radius 1 is 1.26 bits per heavy atom. The summed E-state index contributed by atoms with van der Waals surface area (Å²) in [7, 11) is 1.07. The zero-order valence-electron chi connectivity index (χ0n) is 18.7. The first-order valence-electron chi connectivity index (χ1n) is 10.4. The van der Waals surface area contributed by atoms with E-state index in [2.05, 4.69) is 9.97 Å². The Kier molecular flexibility index (Phi) is 5.82. The normalized spacial score (nSPS) is 24.6. The number of rotatable bonds is 4. The Bertz CT molecular complexity index is 1390. The van der Waals surface area contributed by atoms with Gasteiger partial charge in [0.15, 0.2) is 17.2 Å². The molecule has 4 atom stereocenters. The molecule has 0 aliphatic carbocycles. The van der Waals surface area contributed by atoms with E-state index in [1.165, 1.54) is 25.3 Å². The molecular formula is C23H20F5N3O4. The predicted octanol–water partition coefficient (Wildman–Crippen LogP) is 4.12. The van der Waals surface area contributed by atoms with Crippen LogP contribution >= 0.6 is 0 Å². The van der Waals surface area contributed by atoms with Crippen LogP contribution in [0.4, 0.5) is 22.0 Å². The van der Waals surface area contributed by atoms with Gasteiger partial charge in [0.2, 0.25) is 5.82 Å². The molecule has 0 bridgehead atoms. The number of amides is 1. The molecule has 186 valence electrons. The maximum absolute atomic E-state index is 14.5. The lowest BCUT2D eigenvalue weighted by Crippen LogP contribution is -2.46. The van der Waals surface area contributed by atoms with Crippen LogP contribution in [0.3, 0.4) is 0 Å². The van der Waals surface area contributed by atoms with Crippen LogP contribution in [0.15, 0.2) is 35.3 Å². The van der Waals surface area contributed by atoms with Crippen molar-refractivity contribution in [2.45, 2.75) is 37.6 Å². The van der Waals surface area contributed by atoms with Crippen molar-refractivity contribution in [1.82, 2.24) is 9.97 Å². The molecule has 1 amide bonds. The van der Waals surface area contributed by atoms with E-state index in [1.807, 2.05) is 0 Å². The number of fused-ring (bicyclic) bond motifs is 1. The van der Waals surface area contributed by atoms with Gasteiger partial charge in [-0.3, -0.25) is 14.6 Å². The Morgan fingerprint density at radius 2 is 1.94 bits per heavy atom. The number of pyridine rings is 2. The number of hydrogen-bond donors (Lipinski definition) is 2. The summed E-state index contributed by atoms with van der Waals surface area (Å²) in [6, 6.07) is 4.64. The molecule has 0 spiro atoms. The highest BCUT2D eigenvalue weighted by atomic mass is 19.4. The van der Waals surface area contributed by atoms with Gasteiger partial charge in [0, 0.05) is 29.3 Å². The molecule has 3 N–H and O–H groups in total. The number of ether oxygens (including phenoxy) is 2. The topological polar surface area (TPSA) is 107 Å². The number of hydrogen-bond acceptors (Lipinski definition) is 5. The van der Waals surface area contributed by atoms with Crippen LogP contribution < -0.4 is 16.0 Å². The molecule has 1 aliphatic rings. The molecular weight excluding hydrogens is 477 g/mol. The number of nitrogens with one attached hydrogen (secondary N) is 1. The standard InChI is InChI=1S/C23H20F5N3O4/c1-9-14(11-4-5-12(24)16(25)18(11)34-3)19(35-22(9,2)23(26,27)28)13-8-10-6-7-30-17(20(29)32)15(10)21(33)31-13/h4-9,14,19H,1-3H3,(H2,29,32)(H,31,33)/t9-,14-,19-,22+/m0/s1. The number of aromatic amines is 1. The van der Waals surface area contributed by atoms with Crippen LogP contribution in [0.1, 0.15) is 47.6 Å². The van der Waals surface area contributed by atoms with E-state index < -0.39 is 58.6 Å². The summed E-state index contributed by atoms with van der Waals surface area (Å²) >= 11 is 0. The fourth-order valence-corrected chi connectivity index (χ4v) is 4.65. The van der Waals surface area contributed by atoms with Crippen molar-refractivity contribution in [3.05, 3.63) is 69.4 Å². The molecule has 1 fully saturated rings. The van der Waals surface area contributed by atoms with Gasteiger partial charge in [-0.15, -0.1) is 0 Å². The van der Waals surface area contributed by atoms with Crippen LogP contribution in [-0.2, 0) is 4.74 Å². The van der Waals surface area contributed by atoms with Crippen LogP contribution in [-0.4, -0.2) is 34.8 Å². The summed E-state index contributed by atoms with van der Waals surface area (Å²) < 4.78 is 81.4. The number of nitrogens with zero attached hydrogens (tertiary/aromatic N) is 1. The Labute approximate surface area is 195 Å². The monoisotopic (exact) mass is 497 g/mol. The highest BCUT2D eigenvalue weighted by molar-refractivity contribution is 6.04. The van der Waals surface area contributed by atoms with E-state index in [4.69, 9.17) is 15.2 Å². The predicted molar refractivity (Wildman–Crippen MR) is 114 cm³/mol. The van der Waals surface area contributed by atoms with Crippen molar-refractivity contribution in [1.29, 1.82) is 0 Å². The minimum Gasteiger partial charge on any atom is -0.493 e. The summed E-state index contributed by atoms with van der Waals surface area (Å²) in [5, 5.41) is 0.0377. The Hall–Kier alpha value is -3.54. The molecule has 2 aromatic heterocycles. The fraction of sp³-hybridized carbons (Fsp3) is 0.348. The highest BCUT2D eigenvalue weighted by Crippen LogP contribution is 2.59. The van der Waals surface area contributed by atoms with Gasteiger partial charge in [-0.1, -0.05) is 13.0 Å². The third-order valence-electron chi connectivity index (χ3n) is 6.63. The number of aromatic nitrogens is 2. The molecule has 0 radical (unpaired) electrons. The Morgan fingerprint density at radius 3 is 2.54 bits per heavy atom. The molecule has 35 heavy (non-hydrogen) atoms. The number of nitrogens with two attached hydrogens (primary N) is 1. The van der Waals surface area contributed by atoms with E-state index >= 15 is 0 Å². The molecule has 0 saturated carbocycles. The van der Waals surface area contributed by atoms with Gasteiger partial charge < -0.3 is 20.2 Å². The number of H-pyrrole nitrogens is 1. The van der Waals surface area contributed by atoms with Gasteiger partial charge in [0.1, 0.15) is 11.8 Å². The van der Waals surface area contributed by atoms with Crippen molar-refractivity contribution < 1.29 is 36.2 Å². The molecule has 12 heteroatoms. The molecule has 1 aliphatic heterocycles. The lowest BCUT2D eigenvalue weighted by atomic mass is 9.76. The average molecular weight is 497 g/mol. The smallest absolute Gasteiger partial charge is 0.417 e. The van der Waals surface area contributed by atoms with Gasteiger partial charge in [-0.25, -0.2) is 4.39 Å². The molecule has 7 nitrogen and oxygen atoms in total. The van der Waals surface area contributed by atoms with E-state index in [0.29, 0.717) is 0 Å². The fourth-order valence-electron chi connectivity index (χ4n) is 4.65. The minimum absolute atomic E-state index is 0.0645. The second-order valence-electron chi connectivity index (χ2n) is 8.48. The number of halogens is 5. The number of alkyl halides is 3. The first-order valence-corrected chi connectivity index (χ1v) is 10.4. The lowest BCUT2D eigenvalue weighted by Gasteiger charge is -2.32. The quantitative estimate of drug-likeness (QED) is 0.528. The average Bonchev–Trinajstić information content (AvgIpc) is 3.06. The minimum atomic E-state index is -4.84. The number of primary amides is 1. The zero-order valence-corrected chi connectivity index (χ0v) is 18.7. The third kappa shape index (κ3) is 3.72. The Balaban J connectivity index is 1.98. The maximum Gasteiger partial charge on any atom is 0.417 e. The van der Waals surface area contributed by atoms with Gasteiger partial charge in [-0.05, 0) is 30.5 Å². The van der Waals surface area contributed by atoms with E-state index in [1.54, 1.807) is 0 Å². The molecule has 1 saturated heterocycles. The van der Waals surface area contributed by atoms with Crippen molar-refractivity contribution in [2.75, 3.05) is 7.11 Å². The number of benzene rings is 1. The summed E-state index contributed by atoms with van der Waals surface area (Å²) in [5.74, 6) is -6.65. The maximum atomic E-state index is 14.5. The van der Waals surface area contributed by atoms with E-state index in [0.717, 1.165) is 26.2 Å². The van der Waals surface area contributed by atoms with Gasteiger partial charge in [0.05, 0.1) is 12.5 Å². The SMILES string of the molecule is COc1c([C@H]2[C@H](c3cc4ccnc(C(N)=O)c4c(=O)[nH]3)O[C@@](C)(C(F)(F)F)[C@H]2C)ccc(F)c1F. The van der Waals surface area contributed by atoms with Gasteiger partial charge in [0.25, 0.3) is 11.5 Å². The summed E-state index contributed by atoms with van der Waals surface area (Å²) in [5.41, 5.74) is 1.31. The van der Waals surface area contributed by atoms with E-state index in [9.17, 15) is 31.5 Å². The molecule has 3 aromatic rings. The number of methoxy groups -OCH3 is 1. The lowest BCUT2D eigenvalue weighted by molar-refractivity contribution is -0.275. The van der Waals surface area contributed by atoms with Gasteiger partial charge in [-0.2, -0.15) is 17.6 Å². The van der Waals surface area contributed by atoms with Gasteiger partial charge >= 0.3 is 6.18 Å². The van der Waals surface area contributed by atoms with Crippen LogP contribution in [0.5, 0.6) is 5.75 Å². The first kappa shape index (κ1) is 24.6. The number of carbonyl (C=O) groups excluding carboxylic acids is 1.